The van der Waals surface area contributed by atoms with Crippen LogP contribution in [0.4, 0.5) is 0 Å². The van der Waals surface area contributed by atoms with Gasteiger partial charge in [0.2, 0.25) is 0 Å². The Bertz CT molecular complexity index is 400. The molecule has 0 atom stereocenters. The van der Waals surface area contributed by atoms with Gasteiger partial charge in [-0.1, -0.05) is 34.1 Å². The van der Waals surface area contributed by atoms with E-state index in [2.05, 4.69) is 38.7 Å². The minimum absolute atomic E-state index is 0.0636. The van der Waals surface area contributed by atoms with Crippen molar-refractivity contribution in [3.05, 3.63) is 29.1 Å². The molecule has 0 bridgehead atoms. The smallest absolute Gasteiger partial charge is 0.101 e. The maximum atomic E-state index is 9.18. The summed E-state index contributed by atoms with van der Waals surface area (Å²) in [6.07, 6.45) is 6.74. The first kappa shape index (κ1) is 12.7. The molecular formula is C14H20N2. The first-order chi connectivity index (χ1) is 7.56. The SMILES string of the molecule is CCCC(C)(C)c1c(C#N)cncc1CC. The van der Waals surface area contributed by atoms with Gasteiger partial charge in [-0.05, 0) is 29.4 Å². The predicted octanol–water partition coefficient (Wildman–Crippen LogP) is 3.59. The molecule has 2 nitrogen and oxygen atoms in total. The van der Waals surface area contributed by atoms with Crippen molar-refractivity contribution in [1.82, 2.24) is 4.98 Å². The van der Waals surface area contributed by atoms with Crippen LogP contribution in [0.25, 0.3) is 0 Å². The molecule has 0 aliphatic rings. The van der Waals surface area contributed by atoms with Crippen LogP contribution >= 0.6 is 0 Å². The zero-order valence-corrected chi connectivity index (χ0v) is 10.7. The quantitative estimate of drug-likeness (QED) is 0.771. The van der Waals surface area contributed by atoms with Crippen molar-refractivity contribution in [3.8, 4) is 6.07 Å². The van der Waals surface area contributed by atoms with E-state index in [0.717, 1.165) is 24.8 Å². The van der Waals surface area contributed by atoms with Crippen molar-refractivity contribution in [2.45, 2.75) is 52.4 Å². The Hall–Kier alpha value is -1.36. The van der Waals surface area contributed by atoms with Gasteiger partial charge in [-0.3, -0.25) is 4.98 Å². The predicted molar refractivity (Wildman–Crippen MR) is 66.3 cm³/mol. The topological polar surface area (TPSA) is 36.7 Å². The van der Waals surface area contributed by atoms with E-state index in [1.54, 1.807) is 6.20 Å². The number of aryl methyl sites for hydroxylation is 1. The summed E-state index contributed by atoms with van der Waals surface area (Å²) in [7, 11) is 0. The summed E-state index contributed by atoms with van der Waals surface area (Å²) in [6, 6.07) is 2.27. The molecule has 1 aromatic heterocycles. The molecule has 86 valence electrons. The van der Waals surface area contributed by atoms with Crippen LogP contribution in [-0.4, -0.2) is 4.98 Å². The maximum Gasteiger partial charge on any atom is 0.101 e. The molecule has 0 aliphatic heterocycles. The van der Waals surface area contributed by atoms with Crippen LogP contribution in [0.5, 0.6) is 0 Å². The summed E-state index contributed by atoms with van der Waals surface area (Å²) in [5, 5.41) is 9.18. The second-order valence-electron chi connectivity index (χ2n) is 4.82. The van der Waals surface area contributed by atoms with Crippen molar-refractivity contribution < 1.29 is 0 Å². The molecule has 16 heavy (non-hydrogen) atoms. The minimum atomic E-state index is 0.0636. The second-order valence-corrected chi connectivity index (χ2v) is 4.82. The van der Waals surface area contributed by atoms with Gasteiger partial charge in [0.25, 0.3) is 0 Å². The summed E-state index contributed by atoms with van der Waals surface area (Å²) < 4.78 is 0. The van der Waals surface area contributed by atoms with Gasteiger partial charge in [-0.25, -0.2) is 0 Å². The van der Waals surface area contributed by atoms with E-state index in [1.807, 2.05) is 6.20 Å². The van der Waals surface area contributed by atoms with Crippen LogP contribution in [0.1, 0.15) is 57.2 Å². The fourth-order valence-electron chi connectivity index (χ4n) is 2.41. The molecule has 0 radical (unpaired) electrons. The molecule has 1 aromatic rings. The van der Waals surface area contributed by atoms with Crippen molar-refractivity contribution in [1.29, 1.82) is 5.26 Å². The van der Waals surface area contributed by atoms with Crippen LogP contribution in [0.15, 0.2) is 12.4 Å². The highest BCUT2D eigenvalue weighted by Gasteiger charge is 2.25. The van der Waals surface area contributed by atoms with E-state index < -0.39 is 0 Å². The van der Waals surface area contributed by atoms with Crippen LogP contribution < -0.4 is 0 Å². The van der Waals surface area contributed by atoms with Crippen molar-refractivity contribution in [3.63, 3.8) is 0 Å². The zero-order valence-electron chi connectivity index (χ0n) is 10.7. The molecule has 0 aliphatic carbocycles. The monoisotopic (exact) mass is 216 g/mol. The first-order valence-electron chi connectivity index (χ1n) is 5.94. The third-order valence-corrected chi connectivity index (χ3v) is 3.08. The summed E-state index contributed by atoms with van der Waals surface area (Å²) in [6.45, 7) is 8.72. The lowest BCUT2D eigenvalue weighted by Crippen LogP contribution is -2.21. The van der Waals surface area contributed by atoms with Crippen LogP contribution in [0.2, 0.25) is 0 Å². The zero-order chi connectivity index (χ0) is 12.2. The highest BCUT2D eigenvalue weighted by Crippen LogP contribution is 2.33. The highest BCUT2D eigenvalue weighted by atomic mass is 14.6. The molecule has 0 aromatic carbocycles. The maximum absolute atomic E-state index is 9.18. The molecule has 2 heteroatoms. The van der Waals surface area contributed by atoms with E-state index in [9.17, 15) is 5.26 Å². The van der Waals surface area contributed by atoms with Crippen LogP contribution in [0.3, 0.4) is 0 Å². The number of nitrogens with zero attached hydrogens (tertiary/aromatic N) is 2. The molecular weight excluding hydrogens is 196 g/mol. The second kappa shape index (κ2) is 5.12. The van der Waals surface area contributed by atoms with E-state index in [0.29, 0.717) is 0 Å². The fourth-order valence-corrected chi connectivity index (χ4v) is 2.41. The number of pyridine rings is 1. The van der Waals surface area contributed by atoms with E-state index in [-0.39, 0.29) is 5.41 Å². The highest BCUT2D eigenvalue weighted by molar-refractivity contribution is 5.44. The molecule has 0 saturated heterocycles. The molecule has 0 N–H and O–H groups in total. The standard InChI is InChI=1S/C14H20N2/c1-5-7-14(3,4)13-11(6-2)9-16-10-12(13)8-15/h9-10H,5-7H2,1-4H3. The molecule has 0 spiro atoms. The molecule has 0 saturated carbocycles. The van der Waals surface area contributed by atoms with E-state index >= 15 is 0 Å². The van der Waals surface area contributed by atoms with E-state index in [4.69, 9.17) is 0 Å². The summed E-state index contributed by atoms with van der Waals surface area (Å²) >= 11 is 0. The first-order valence-corrected chi connectivity index (χ1v) is 5.94. The van der Waals surface area contributed by atoms with Gasteiger partial charge in [-0.15, -0.1) is 0 Å². The average molecular weight is 216 g/mol. The van der Waals surface area contributed by atoms with Gasteiger partial charge in [0, 0.05) is 12.4 Å². The lowest BCUT2D eigenvalue weighted by Gasteiger charge is -2.28. The Kier molecular flexibility index (Phi) is 4.06. The third kappa shape index (κ3) is 2.41. The Morgan fingerprint density at radius 3 is 2.50 bits per heavy atom. The largest absolute Gasteiger partial charge is 0.263 e. The average Bonchev–Trinajstić information content (AvgIpc) is 2.27. The van der Waals surface area contributed by atoms with Gasteiger partial charge in [0.1, 0.15) is 6.07 Å². The van der Waals surface area contributed by atoms with Crippen molar-refractivity contribution >= 4 is 0 Å². The number of aromatic nitrogens is 1. The summed E-state index contributed by atoms with van der Waals surface area (Å²) in [4.78, 5) is 4.14. The number of hydrogen-bond acceptors (Lipinski definition) is 2. The van der Waals surface area contributed by atoms with Gasteiger partial charge in [-0.2, -0.15) is 5.26 Å². The fraction of sp³-hybridized carbons (Fsp3) is 0.571. The number of rotatable bonds is 4. The number of nitriles is 1. The molecule has 1 heterocycles. The minimum Gasteiger partial charge on any atom is -0.263 e. The third-order valence-electron chi connectivity index (χ3n) is 3.08. The summed E-state index contributed by atoms with van der Waals surface area (Å²) in [5.41, 5.74) is 3.19. The van der Waals surface area contributed by atoms with E-state index in [1.165, 1.54) is 11.1 Å². The van der Waals surface area contributed by atoms with Gasteiger partial charge >= 0.3 is 0 Å². The van der Waals surface area contributed by atoms with Crippen molar-refractivity contribution in [2.75, 3.05) is 0 Å². The van der Waals surface area contributed by atoms with Crippen LogP contribution in [0, 0.1) is 11.3 Å². The lowest BCUT2D eigenvalue weighted by molar-refractivity contribution is 0.467. The van der Waals surface area contributed by atoms with Gasteiger partial charge in [0.05, 0.1) is 5.56 Å². The Morgan fingerprint density at radius 1 is 1.31 bits per heavy atom. The normalized spacial score (nSPS) is 11.2. The molecule has 1 rings (SSSR count). The molecule has 0 fully saturated rings. The van der Waals surface area contributed by atoms with Gasteiger partial charge < -0.3 is 0 Å². The Morgan fingerprint density at radius 2 is 2.00 bits per heavy atom. The van der Waals surface area contributed by atoms with Crippen LogP contribution in [-0.2, 0) is 11.8 Å². The summed E-state index contributed by atoms with van der Waals surface area (Å²) in [5.74, 6) is 0. The number of hydrogen-bond donors (Lipinski definition) is 0. The Labute approximate surface area is 98.3 Å². The van der Waals surface area contributed by atoms with Gasteiger partial charge in [0.15, 0.2) is 0 Å². The van der Waals surface area contributed by atoms with Crippen molar-refractivity contribution in [2.24, 2.45) is 0 Å². The Balaban J connectivity index is 3.34. The lowest BCUT2D eigenvalue weighted by atomic mass is 9.76. The molecule has 0 amide bonds. The molecule has 0 unspecified atom stereocenters.